The lowest BCUT2D eigenvalue weighted by atomic mass is 10.0. The first-order valence-corrected chi connectivity index (χ1v) is 9.63. The second kappa shape index (κ2) is 8.76. The van der Waals surface area contributed by atoms with Gasteiger partial charge in [0.15, 0.2) is 0 Å². The number of methoxy groups -OCH3 is 1. The number of aromatic nitrogens is 2. The van der Waals surface area contributed by atoms with Crippen molar-refractivity contribution < 1.29 is 4.74 Å². The van der Waals surface area contributed by atoms with Crippen LogP contribution in [0.5, 0.6) is 5.75 Å². The van der Waals surface area contributed by atoms with Gasteiger partial charge in [-0.05, 0) is 31.0 Å². The molecule has 0 bridgehead atoms. The van der Waals surface area contributed by atoms with Gasteiger partial charge in [-0.15, -0.1) is 0 Å². The molecular formula is C20H28ClN5O. The smallest absolute Gasteiger partial charge is 0.137 e. The topological polar surface area (TPSA) is 44.7 Å². The SMILES string of the molecule is COc1cccc(CN2CCCC(N(C)c3cc(N(C)C)ncn3)C2)c1Cl. The lowest BCUT2D eigenvalue weighted by molar-refractivity contribution is 0.198. The van der Waals surface area contributed by atoms with Crippen LogP contribution in [-0.4, -0.2) is 62.3 Å². The zero-order chi connectivity index (χ0) is 19.4. The summed E-state index contributed by atoms with van der Waals surface area (Å²) in [4.78, 5) is 15.5. The van der Waals surface area contributed by atoms with Gasteiger partial charge in [0.2, 0.25) is 0 Å². The van der Waals surface area contributed by atoms with Crippen molar-refractivity contribution in [2.45, 2.75) is 25.4 Å². The van der Waals surface area contributed by atoms with Crippen LogP contribution in [0.4, 0.5) is 11.6 Å². The molecule has 7 heteroatoms. The monoisotopic (exact) mass is 389 g/mol. The van der Waals surface area contributed by atoms with Crippen molar-refractivity contribution in [2.24, 2.45) is 0 Å². The van der Waals surface area contributed by atoms with E-state index in [0.29, 0.717) is 11.1 Å². The highest BCUT2D eigenvalue weighted by molar-refractivity contribution is 6.32. The minimum absolute atomic E-state index is 0.410. The molecule has 1 unspecified atom stereocenters. The van der Waals surface area contributed by atoms with Crippen LogP contribution in [0.3, 0.4) is 0 Å². The van der Waals surface area contributed by atoms with E-state index < -0.39 is 0 Å². The van der Waals surface area contributed by atoms with Gasteiger partial charge < -0.3 is 14.5 Å². The van der Waals surface area contributed by atoms with Crippen LogP contribution >= 0.6 is 11.6 Å². The molecule has 6 nitrogen and oxygen atoms in total. The molecule has 2 heterocycles. The van der Waals surface area contributed by atoms with E-state index in [4.69, 9.17) is 16.3 Å². The van der Waals surface area contributed by atoms with E-state index in [-0.39, 0.29) is 0 Å². The summed E-state index contributed by atoms with van der Waals surface area (Å²) in [7, 11) is 7.76. The van der Waals surface area contributed by atoms with E-state index in [1.165, 1.54) is 0 Å². The van der Waals surface area contributed by atoms with Crippen LogP contribution < -0.4 is 14.5 Å². The zero-order valence-corrected chi connectivity index (χ0v) is 17.3. The molecule has 0 radical (unpaired) electrons. The Morgan fingerprint density at radius 2 is 2.00 bits per heavy atom. The molecule has 0 N–H and O–H groups in total. The van der Waals surface area contributed by atoms with Gasteiger partial charge in [-0.2, -0.15) is 0 Å². The number of benzene rings is 1. The van der Waals surface area contributed by atoms with Crippen molar-refractivity contribution in [3.63, 3.8) is 0 Å². The number of ether oxygens (including phenoxy) is 1. The second-order valence-corrected chi connectivity index (χ2v) is 7.58. The first-order valence-electron chi connectivity index (χ1n) is 9.25. The van der Waals surface area contributed by atoms with Crippen LogP contribution in [0.25, 0.3) is 0 Å². The molecule has 0 aliphatic carbocycles. The highest BCUT2D eigenvalue weighted by atomic mass is 35.5. The fourth-order valence-corrected chi connectivity index (χ4v) is 3.79. The first-order chi connectivity index (χ1) is 13.0. The van der Waals surface area contributed by atoms with Gasteiger partial charge in [0, 0.05) is 46.3 Å². The lowest BCUT2D eigenvalue weighted by Crippen LogP contribution is -2.46. The summed E-state index contributed by atoms with van der Waals surface area (Å²) < 4.78 is 5.35. The molecule has 0 amide bonds. The lowest BCUT2D eigenvalue weighted by Gasteiger charge is -2.38. The Morgan fingerprint density at radius 3 is 2.74 bits per heavy atom. The van der Waals surface area contributed by atoms with E-state index in [9.17, 15) is 0 Å². The van der Waals surface area contributed by atoms with Gasteiger partial charge in [0.05, 0.1) is 12.1 Å². The highest BCUT2D eigenvalue weighted by Gasteiger charge is 2.25. The van der Waals surface area contributed by atoms with Gasteiger partial charge in [-0.1, -0.05) is 23.7 Å². The van der Waals surface area contributed by atoms with Crippen LogP contribution in [-0.2, 0) is 6.54 Å². The quantitative estimate of drug-likeness (QED) is 0.755. The molecule has 1 aliphatic rings. The Kier molecular flexibility index (Phi) is 6.39. The Balaban J connectivity index is 1.70. The molecule has 1 aliphatic heterocycles. The molecule has 1 aromatic heterocycles. The molecule has 2 aromatic rings. The van der Waals surface area contributed by atoms with Crippen molar-refractivity contribution in [2.75, 3.05) is 51.1 Å². The summed E-state index contributed by atoms with van der Waals surface area (Å²) in [6.45, 7) is 2.88. The fraction of sp³-hybridized carbons (Fsp3) is 0.500. The summed E-state index contributed by atoms with van der Waals surface area (Å²) in [5.74, 6) is 2.61. The Hall–Kier alpha value is -2.05. The van der Waals surface area contributed by atoms with E-state index in [1.807, 2.05) is 37.2 Å². The van der Waals surface area contributed by atoms with Gasteiger partial charge in [-0.25, -0.2) is 9.97 Å². The van der Waals surface area contributed by atoms with E-state index in [1.54, 1.807) is 13.4 Å². The fourth-order valence-electron chi connectivity index (χ4n) is 3.53. The van der Waals surface area contributed by atoms with E-state index in [2.05, 4.69) is 32.9 Å². The van der Waals surface area contributed by atoms with Gasteiger partial charge >= 0.3 is 0 Å². The molecule has 3 rings (SSSR count). The van der Waals surface area contributed by atoms with Gasteiger partial charge in [0.25, 0.3) is 0 Å². The third-order valence-corrected chi connectivity index (χ3v) is 5.57. The van der Waals surface area contributed by atoms with Gasteiger partial charge in [0.1, 0.15) is 23.7 Å². The molecule has 1 saturated heterocycles. The largest absolute Gasteiger partial charge is 0.495 e. The number of halogens is 1. The molecule has 146 valence electrons. The highest BCUT2D eigenvalue weighted by Crippen LogP contribution is 2.30. The van der Waals surface area contributed by atoms with Crippen molar-refractivity contribution in [3.05, 3.63) is 41.2 Å². The Bertz CT molecular complexity index is 770. The first kappa shape index (κ1) is 19.7. The summed E-state index contributed by atoms with van der Waals surface area (Å²) in [6, 6.07) is 8.42. The maximum atomic E-state index is 6.49. The van der Waals surface area contributed by atoms with Crippen LogP contribution in [0.15, 0.2) is 30.6 Å². The number of piperidine rings is 1. The normalized spacial score (nSPS) is 17.6. The average molecular weight is 390 g/mol. The van der Waals surface area contributed by atoms with Gasteiger partial charge in [-0.3, -0.25) is 4.90 Å². The molecule has 1 aromatic carbocycles. The van der Waals surface area contributed by atoms with E-state index >= 15 is 0 Å². The molecule has 27 heavy (non-hydrogen) atoms. The maximum absolute atomic E-state index is 6.49. The predicted molar refractivity (Wildman–Crippen MR) is 111 cm³/mol. The number of hydrogen-bond acceptors (Lipinski definition) is 6. The molecular weight excluding hydrogens is 362 g/mol. The van der Waals surface area contributed by atoms with Crippen LogP contribution in [0.1, 0.15) is 18.4 Å². The second-order valence-electron chi connectivity index (χ2n) is 7.20. The third-order valence-electron chi connectivity index (χ3n) is 5.14. The van der Waals surface area contributed by atoms with Crippen LogP contribution in [0.2, 0.25) is 5.02 Å². The van der Waals surface area contributed by atoms with Crippen LogP contribution in [0, 0.1) is 0 Å². The van der Waals surface area contributed by atoms with Crippen molar-refractivity contribution >= 4 is 23.2 Å². The molecule has 1 fully saturated rings. The number of rotatable bonds is 6. The van der Waals surface area contributed by atoms with E-state index in [0.717, 1.165) is 55.4 Å². The third kappa shape index (κ3) is 4.62. The van der Waals surface area contributed by atoms with Crippen molar-refractivity contribution in [3.8, 4) is 5.75 Å². The number of likely N-dealkylation sites (N-methyl/N-ethyl adjacent to an activating group) is 1. The molecule has 1 atom stereocenters. The Labute approximate surface area is 166 Å². The zero-order valence-electron chi connectivity index (χ0n) is 16.5. The Morgan fingerprint density at radius 1 is 1.22 bits per heavy atom. The summed E-state index contributed by atoms with van der Waals surface area (Å²) in [6.07, 6.45) is 3.94. The average Bonchev–Trinajstić information content (AvgIpc) is 2.69. The summed E-state index contributed by atoms with van der Waals surface area (Å²) in [5, 5.41) is 0.710. The number of hydrogen-bond donors (Lipinski definition) is 0. The molecule has 0 saturated carbocycles. The summed E-state index contributed by atoms with van der Waals surface area (Å²) in [5.41, 5.74) is 1.11. The van der Waals surface area contributed by atoms with Crippen molar-refractivity contribution in [1.29, 1.82) is 0 Å². The predicted octanol–water partition coefficient (Wildman–Crippen LogP) is 3.31. The maximum Gasteiger partial charge on any atom is 0.137 e. The number of anilines is 2. The minimum Gasteiger partial charge on any atom is -0.495 e. The van der Waals surface area contributed by atoms with Crippen molar-refractivity contribution in [1.82, 2.24) is 14.9 Å². The summed E-state index contributed by atoms with van der Waals surface area (Å²) >= 11 is 6.49. The standard InChI is InChI=1S/C20H28ClN5O/c1-24(2)18-11-19(23-14-22-18)25(3)16-8-6-10-26(13-16)12-15-7-5-9-17(27-4)20(15)21/h5,7,9,11,14,16H,6,8,10,12-13H2,1-4H3. The number of nitrogens with zero attached hydrogens (tertiary/aromatic N) is 5. The number of likely N-dealkylation sites (tertiary alicyclic amines) is 1. The minimum atomic E-state index is 0.410. The molecule has 0 spiro atoms.